The van der Waals surface area contributed by atoms with Crippen molar-refractivity contribution < 1.29 is 14.7 Å². The summed E-state index contributed by atoms with van der Waals surface area (Å²) >= 11 is 0. The molecule has 0 spiro atoms. The highest BCUT2D eigenvalue weighted by Crippen LogP contribution is 2.32. The van der Waals surface area contributed by atoms with Crippen LogP contribution in [0.1, 0.15) is 12.0 Å². The van der Waals surface area contributed by atoms with Gasteiger partial charge in [0.05, 0.1) is 0 Å². The molecule has 1 aromatic rings. The molecular weight excluding hydrogens is 232 g/mol. The molecule has 1 unspecified atom stereocenters. The standard InChI is InChI=1S/C13H16N2O3/c1-14-12(16)6-7-15-10-5-3-2-4-9(10)8-11(15)13(17)18/h2-5,11H,6-8H2,1H3,(H,14,16)(H,17,18). The molecule has 0 aromatic heterocycles. The number of hydrogen-bond donors (Lipinski definition) is 2. The number of carboxylic acid groups (broad SMARTS) is 1. The maximum Gasteiger partial charge on any atom is 0.326 e. The number of anilines is 1. The number of carbonyl (C=O) groups excluding carboxylic acids is 1. The first-order valence-electron chi connectivity index (χ1n) is 5.91. The number of carboxylic acids is 1. The van der Waals surface area contributed by atoms with Crippen molar-refractivity contribution in [3.63, 3.8) is 0 Å². The van der Waals surface area contributed by atoms with E-state index in [1.165, 1.54) is 0 Å². The average molecular weight is 248 g/mol. The van der Waals surface area contributed by atoms with Gasteiger partial charge in [-0.25, -0.2) is 4.79 Å². The van der Waals surface area contributed by atoms with Gasteiger partial charge in [0.2, 0.25) is 5.91 Å². The summed E-state index contributed by atoms with van der Waals surface area (Å²) in [4.78, 5) is 24.3. The Labute approximate surface area is 105 Å². The van der Waals surface area contributed by atoms with E-state index in [0.717, 1.165) is 11.3 Å². The second-order valence-corrected chi connectivity index (χ2v) is 4.30. The molecule has 1 aromatic carbocycles. The minimum atomic E-state index is -0.844. The maximum atomic E-state index is 11.3. The van der Waals surface area contributed by atoms with Crippen LogP contribution in [0.2, 0.25) is 0 Å². The van der Waals surface area contributed by atoms with Crippen LogP contribution < -0.4 is 10.2 Å². The van der Waals surface area contributed by atoms with Gasteiger partial charge in [-0.1, -0.05) is 18.2 Å². The van der Waals surface area contributed by atoms with E-state index in [0.29, 0.717) is 19.4 Å². The van der Waals surface area contributed by atoms with Crippen molar-refractivity contribution in [2.45, 2.75) is 18.9 Å². The first-order chi connectivity index (χ1) is 8.63. The van der Waals surface area contributed by atoms with Gasteiger partial charge >= 0.3 is 5.97 Å². The third-order valence-electron chi connectivity index (χ3n) is 3.23. The maximum absolute atomic E-state index is 11.3. The predicted molar refractivity (Wildman–Crippen MR) is 67.6 cm³/mol. The highest BCUT2D eigenvalue weighted by molar-refractivity contribution is 5.83. The van der Waals surface area contributed by atoms with Crippen molar-refractivity contribution in [3.8, 4) is 0 Å². The molecule has 1 amide bonds. The van der Waals surface area contributed by atoms with E-state index in [1.54, 1.807) is 11.9 Å². The van der Waals surface area contributed by atoms with Crippen LogP contribution in [0.25, 0.3) is 0 Å². The molecule has 5 heteroatoms. The molecule has 2 rings (SSSR count). The number of nitrogens with one attached hydrogen (secondary N) is 1. The lowest BCUT2D eigenvalue weighted by Crippen LogP contribution is -2.40. The summed E-state index contributed by atoms with van der Waals surface area (Å²) in [6.45, 7) is 0.424. The zero-order chi connectivity index (χ0) is 13.1. The van der Waals surface area contributed by atoms with Crippen LogP contribution >= 0.6 is 0 Å². The second-order valence-electron chi connectivity index (χ2n) is 4.30. The van der Waals surface area contributed by atoms with E-state index < -0.39 is 12.0 Å². The summed E-state index contributed by atoms with van der Waals surface area (Å²) in [5, 5.41) is 11.8. The summed E-state index contributed by atoms with van der Waals surface area (Å²) in [7, 11) is 1.58. The number of amides is 1. The van der Waals surface area contributed by atoms with E-state index in [2.05, 4.69) is 5.32 Å². The van der Waals surface area contributed by atoms with Crippen LogP contribution in [0.3, 0.4) is 0 Å². The lowest BCUT2D eigenvalue weighted by atomic mass is 10.1. The number of benzene rings is 1. The van der Waals surface area contributed by atoms with Gasteiger partial charge in [0.15, 0.2) is 0 Å². The van der Waals surface area contributed by atoms with Gasteiger partial charge in [-0.2, -0.15) is 0 Å². The summed E-state index contributed by atoms with van der Waals surface area (Å²) in [6.07, 6.45) is 0.799. The molecule has 1 aliphatic heterocycles. The van der Waals surface area contributed by atoms with Gasteiger partial charge in [-0.3, -0.25) is 4.79 Å². The summed E-state index contributed by atoms with van der Waals surface area (Å²) < 4.78 is 0. The van der Waals surface area contributed by atoms with E-state index in [1.807, 2.05) is 24.3 Å². The Hall–Kier alpha value is -2.04. The van der Waals surface area contributed by atoms with E-state index in [-0.39, 0.29) is 5.91 Å². The Morgan fingerprint density at radius 1 is 1.44 bits per heavy atom. The van der Waals surface area contributed by atoms with Crippen molar-refractivity contribution in [1.29, 1.82) is 0 Å². The molecule has 2 N–H and O–H groups in total. The molecule has 1 aliphatic rings. The molecule has 0 fully saturated rings. The van der Waals surface area contributed by atoms with E-state index in [9.17, 15) is 14.7 Å². The van der Waals surface area contributed by atoms with Crippen molar-refractivity contribution in [1.82, 2.24) is 5.32 Å². The number of aliphatic carboxylic acids is 1. The van der Waals surface area contributed by atoms with Gasteiger partial charge in [0.1, 0.15) is 6.04 Å². The Kier molecular flexibility index (Phi) is 3.50. The topological polar surface area (TPSA) is 69.6 Å². The average Bonchev–Trinajstić information content (AvgIpc) is 2.75. The molecular formula is C13H16N2O3. The van der Waals surface area contributed by atoms with E-state index >= 15 is 0 Å². The van der Waals surface area contributed by atoms with Crippen LogP contribution in [0.4, 0.5) is 5.69 Å². The number of para-hydroxylation sites is 1. The molecule has 1 heterocycles. The Morgan fingerprint density at radius 2 is 2.17 bits per heavy atom. The van der Waals surface area contributed by atoms with Crippen LogP contribution in [-0.2, 0) is 16.0 Å². The smallest absolute Gasteiger partial charge is 0.326 e. The molecule has 0 bridgehead atoms. The Balaban J connectivity index is 2.18. The summed E-state index contributed by atoms with van der Waals surface area (Å²) in [6, 6.07) is 7.07. The molecule has 5 nitrogen and oxygen atoms in total. The largest absolute Gasteiger partial charge is 0.480 e. The van der Waals surface area contributed by atoms with Crippen molar-refractivity contribution in [2.24, 2.45) is 0 Å². The van der Waals surface area contributed by atoms with Gasteiger partial charge < -0.3 is 15.3 Å². The first-order valence-corrected chi connectivity index (χ1v) is 5.91. The van der Waals surface area contributed by atoms with Crippen molar-refractivity contribution in [3.05, 3.63) is 29.8 Å². The quantitative estimate of drug-likeness (QED) is 0.820. The van der Waals surface area contributed by atoms with Gasteiger partial charge in [0.25, 0.3) is 0 Å². The summed E-state index contributed by atoms with van der Waals surface area (Å²) in [5.74, 6) is -0.924. The zero-order valence-electron chi connectivity index (χ0n) is 10.2. The molecule has 0 radical (unpaired) electrons. The number of hydrogen-bond acceptors (Lipinski definition) is 3. The van der Waals surface area contributed by atoms with Crippen LogP contribution in [0.5, 0.6) is 0 Å². The first kappa shape index (κ1) is 12.4. The Bertz CT molecular complexity index is 473. The molecule has 96 valence electrons. The minimum absolute atomic E-state index is 0.0801. The Morgan fingerprint density at radius 3 is 2.83 bits per heavy atom. The fourth-order valence-electron chi connectivity index (χ4n) is 2.29. The fraction of sp³-hybridized carbons (Fsp3) is 0.385. The van der Waals surface area contributed by atoms with E-state index in [4.69, 9.17) is 0 Å². The zero-order valence-corrected chi connectivity index (χ0v) is 10.2. The van der Waals surface area contributed by atoms with Crippen LogP contribution in [0, 0.1) is 0 Å². The molecule has 0 aliphatic carbocycles. The monoisotopic (exact) mass is 248 g/mol. The van der Waals surface area contributed by atoms with Gasteiger partial charge in [0, 0.05) is 32.1 Å². The predicted octanol–water partition coefficient (Wildman–Crippen LogP) is 0.638. The molecule has 18 heavy (non-hydrogen) atoms. The lowest BCUT2D eigenvalue weighted by Gasteiger charge is -2.24. The lowest BCUT2D eigenvalue weighted by molar-refractivity contribution is -0.138. The number of rotatable bonds is 4. The number of fused-ring (bicyclic) bond motifs is 1. The third kappa shape index (κ3) is 2.30. The number of nitrogens with zero attached hydrogens (tertiary/aromatic N) is 1. The highest BCUT2D eigenvalue weighted by atomic mass is 16.4. The van der Waals surface area contributed by atoms with Crippen LogP contribution in [-0.4, -0.2) is 36.6 Å². The SMILES string of the molecule is CNC(=O)CCN1c2ccccc2CC1C(=O)O. The fourth-order valence-corrected chi connectivity index (χ4v) is 2.29. The third-order valence-corrected chi connectivity index (χ3v) is 3.23. The number of carbonyl (C=O) groups is 2. The van der Waals surface area contributed by atoms with Gasteiger partial charge in [-0.15, -0.1) is 0 Å². The molecule has 0 saturated heterocycles. The molecule has 1 atom stereocenters. The second kappa shape index (κ2) is 5.08. The van der Waals surface area contributed by atoms with Crippen molar-refractivity contribution in [2.75, 3.05) is 18.5 Å². The van der Waals surface area contributed by atoms with Crippen molar-refractivity contribution >= 4 is 17.6 Å². The normalized spacial score (nSPS) is 17.4. The van der Waals surface area contributed by atoms with Crippen LogP contribution in [0.15, 0.2) is 24.3 Å². The minimum Gasteiger partial charge on any atom is -0.480 e. The molecule has 0 saturated carbocycles. The van der Waals surface area contributed by atoms with Gasteiger partial charge in [-0.05, 0) is 11.6 Å². The summed E-state index contributed by atoms with van der Waals surface area (Å²) in [5.41, 5.74) is 1.95. The highest BCUT2D eigenvalue weighted by Gasteiger charge is 2.33.